The molecule has 0 spiro atoms. The van der Waals surface area contributed by atoms with Gasteiger partial charge in [0.1, 0.15) is 5.78 Å². The molecule has 0 rings (SSSR count). The highest BCUT2D eigenvalue weighted by atomic mass is 16.5. The normalized spacial score (nSPS) is 11.8. The maximum atomic E-state index is 11.6. The van der Waals surface area contributed by atoms with Crippen molar-refractivity contribution in [3.8, 4) is 0 Å². The number of ketones is 1. The predicted octanol–water partition coefficient (Wildman–Crippen LogP) is 3.25. The maximum Gasteiger partial charge on any atom is 0.305 e. The van der Waals surface area contributed by atoms with Crippen LogP contribution in [0.4, 0.5) is 0 Å². The maximum absolute atomic E-state index is 11.6. The molecule has 127 valence electrons. The zero-order chi connectivity index (χ0) is 16.8. The fourth-order valence-electron chi connectivity index (χ4n) is 2.03. The summed E-state index contributed by atoms with van der Waals surface area (Å²) in [6, 6.07) is 0. The molecule has 0 aromatic rings. The molecule has 0 N–H and O–H groups in total. The van der Waals surface area contributed by atoms with E-state index in [0.717, 1.165) is 38.5 Å². The third-order valence-electron chi connectivity index (χ3n) is 3.38. The van der Waals surface area contributed by atoms with Crippen LogP contribution in [0.5, 0.6) is 0 Å². The van der Waals surface area contributed by atoms with Crippen molar-refractivity contribution in [2.75, 3.05) is 13.2 Å². The van der Waals surface area contributed by atoms with Crippen molar-refractivity contribution in [1.82, 2.24) is 0 Å². The number of esters is 2. The van der Waals surface area contributed by atoms with Crippen molar-refractivity contribution in [1.29, 1.82) is 0 Å². The van der Waals surface area contributed by atoms with E-state index in [1.807, 2.05) is 0 Å². The number of hydrogen-bond acceptors (Lipinski definition) is 5. The topological polar surface area (TPSA) is 69.7 Å². The molecular formula is C17H29O5. The number of rotatable bonds is 13. The van der Waals surface area contributed by atoms with E-state index >= 15 is 0 Å². The summed E-state index contributed by atoms with van der Waals surface area (Å²) in [7, 11) is 0. The van der Waals surface area contributed by atoms with Crippen molar-refractivity contribution in [2.45, 2.75) is 65.7 Å². The van der Waals surface area contributed by atoms with Crippen molar-refractivity contribution >= 4 is 17.7 Å². The molecular weight excluding hydrogens is 284 g/mol. The molecule has 5 nitrogen and oxygen atoms in total. The lowest BCUT2D eigenvalue weighted by molar-refractivity contribution is -0.143. The molecule has 0 saturated heterocycles. The second-order valence-corrected chi connectivity index (χ2v) is 5.38. The Bertz CT molecular complexity index is 338. The fourth-order valence-corrected chi connectivity index (χ4v) is 2.03. The summed E-state index contributed by atoms with van der Waals surface area (Å²) in [5, 5.41) is 0. The Morgan fingerprint density at radius 3 is 2.27 bits per heavy atom. The largest absolute Gasteiger partial charge is 0.466 e. The van der Waals surface area contributed by atoms with E-state index in [0.29, 0.717) is 19.6 Å². The van der Waals surface area contributed by atoms with Gasteiger partial charge in [0, 0.05) is 19.3 Å². The van der Waals surface area contributed by atoms with E-state index in [-0.39, 0.29) is 23.6 Å². The van der Waals surface area contributed by atoms with Crippen molar-refractivity contribution in [3.05, 3.63) is 6.42 Å². The summed E-state index contributed by atoms with van der Waals surface area (Å²) >= 11 is 0. The Morgan fingerprint density at radius 1 is 1.00 bits per heavy atom. The summed E-state index contributed by atoms with van der Waals surface area (Å²) in [5.74, 6) is -0.255. The smallest absolute Gasteiger partial charge is 0.305 e. The Balaban J connectivity index is 3.66. The first-order chi connectivity index (χ1) is 10.5. The summed E-state index contributed by atoms with van der Waals surface area (Å²) in [6.45, 7) is 5.62. The number of carbonyl (C=O) groups is 3. The molecule has 1 atom stereocenters. The van der Waals surface area contributed by atoms with Gasteiger partial charge in [0.05, 0.1) is 13.2 Å². The standard InChI is InChI=1S/C17H29O5/c1-4-17(20)22-13-9-11-16(14(2)18)10-7-5-6-8-12-21-15(3)19/h7,16H,4-6,8-13H2,1-3H3. The van der Waals surface area contributed by atoms with E-state index in [9.17, 15) is 14.4 Å². The van der Waals surface area contributed by atoms with Gasteiger partial charge in [-0.15, -0.1) is 0 Å². The lowest BCUT2D eigenvalue weighted by atomic mass is 9.93. The minimum atomic E-state index is -0.246. The van der Waals surface area contributed by atoms with Gasteiger partial charge in [-0.25, -0.2) is 0 Å². The van der Waals surface area contributed by atoms with Crippen molar-refractivity contribution < 1.29 is 23.9 Å². The molecule has 1 radical (unpaired) electrons. The van der Waals surface area contributed by atoms with Gasteiger partial charge < -0.3 is 9.47 Å². The minimum Gasteiger partial charge on any atom is -0.466 e. The third-order valence-corrected chi connectivity index (χ3v) is 3.38. The molecule has 0 fully saturated rings. The molecule has 1 unspecified atom stereocenters. The zero-order valence-corrected chi connectivity index (χ0v) is 14.1. The van der Waals surface area contributed by atoms with Gasteiger partial charge in [-0.2, -0.15) is 0 Å². The molecule has 0 aliphatic heterocycles. The van der Waals surface area contributed by atoms with Crippen LogP contribution in [0.2, 0.25) is 0 Å². The molecule has 0 aliphatic rings. The van der Waals surface area contributed by atoms with Crippen LogP contribution in [0.15, 0.2) is 0 Å². The average Bonchev–Trinajstić information content (AvgIpc) is 2.47. The summed E-state index contributed by atoms with van der Waals surface area (Å²) in [5.41, 5.74) is 0. The van der Waals surface area contributed by atoms with Crippen LogP contribution < -0.4 is 0 Å². The van der Waals surface area contributed by atoms with Gasteiger partial charge in [-0.3, -0.25) is 14.4 Å². The summed E-state index contributed by atoms with van der Waals surface area (Å²) in [6.07, 6.45) is 7.43. The molecule has 0 saturated carbocycles. The predicted molar refractivity (Wildman–Crippen MR) is 84.1 cm³/mol. The van der Waals surface area contributed by atoms with Gasteiger partial charge in [0.25, 0.3) is 0 Å². The molecule has 5 heteroatoms. The van der Waals surface area contributed by atoms with Gasteiger partial charge in [-0.1, -0.05) is 13.3 Å². The van der Waals surface area contributed by atoms with Crippen LogP contribution in [0.1, 0.15) is 65.7 Å². The van der Waals surface area contributed by atoms with E-state index in [1.54, 1.807) is 13.8 Å². The number of unbranched alkanes of at least 4 members (excludes halogenated alkanes) is 3. The van der Waals surface area contributed by atoms with E-state index in [2.05, 4.69) is 6.42 Å². The van der Waals surface area contributed by atoms with Crippen molar-refractivity contribution in [2.24, 2.45) is 5.92 Å². The van der Waals surface area contributed by atoms with Gasteiger partial charge in [0.15, 0.2) is 0 Å². The first kappa shape index (κ1) is 20.6. The van der Waals surface area contributed by atoms with Crippen LogP contribution in [-0.4, -0.2) is 30.9 Å². The van der Waals surface area contributed by atoms with Crippen LogP contribution in [-0.2, 0) is 23.9 Å². The lowest BCUT2D eigenvalue weighted by Gasteiger charge is -2.13. The number of hydrogen-bond donors (Lipinski definition) is 0. The molecule has 0 amide bonds. The van der Waals surface area contributed by atoms with E-state index in [1.165, 1.54) is 6.92 Å². The van der Waals surface area contributed by atoms with Crippen LogP contribution in [0.3, 0.4) is 0 Å². The monoisotopic (exact) mass is 313 g/mol. The second-order valence-electron chi connectivity index (χ2n) is 5.38. The minimum absolute atomic E-state index is 0.00815. The highest BCUT2D eigenvalue weighted by Gasteiger charge is 2.13. The first-order valence-corrected chi connectivity index (χ1v) is 8.08. The Labute approximate surface area is 133 Å². The highest BCUT2D eigenvalue weighted by molar-refractivity contribution is 5.78. The summed E-state index contributed by atoms with van der Waals surface area (Å²) in [4.78, 5) is 33.2. The fraction of sp³-hybridized carbons (Fsp3) is 0.765. The Morgan fingerprint density at radius 2 is 1.68 bits per heavy atom. The Hall–Kier alpha value is -1.39. The molecule has 0 heterocycles. The molecule has 22 heavy (non-hydrogen) atoms. The number of ether oxygens (including phenoxy) is 2. The average molecular weight is 313 g/mol. The van der Waals surface area contributed by atoms with Gasteiger partial charge in [0.2, 0.25) is 0 Å². The molecule has 0 bridgehead atoms. The number of Topliss-reactive ketones (excluding diaryl/α,β-unsaturated/α-hetero) is 1. The van der Waals surface area contributed by atoms with Gasteiger partial charge in [-0.05, 0) is 45.4 Å². The lowest BCUT2D eigenvalue weighted by Crippen LogP contribution is -2.13. The van der Waals surface area contributed by atoms with E-state index < -0.39 is 0 Å². The SMILES string of the molecule is CCC(=O)OCCCC(C[CH]CCCCOC(C)=O)C(C)=O. The molecule has 0 aromatic carbocycles. The first-order valence-electron chi connectivity index (χ1n) is 8.08. The highest BCUT2D eigenvalue weighted by Crippen LogP contribution is 2.17. The zero-order valence-electron chi connectivity index (χ0n) is 14.1. The van der Waals surface area contributed by atoms with Crippen LogP contribution >= 0.6 is 0 Å². The second kappa shape index (κ2) is 13.3. The Kier molecular flexibility index (Phi) is 12.4. The van der Waals surface area contributed by atoms with Crippen LogP contribution in [0, 0.1) is 12.3 Å². The van der Waals surface area contributed by atoms with Crippen molar-refractivity contribution in [3.63, 3.8) is 0 Å². The molecule has 0 aromatic heterocycles. The van der Waals surface area contributed by atoms with E-state index in [4.69, 9.17) is 9.47 Å². The quantitative estimate of drug-likeness (QED) is 0.385. The third kappa shape index (κ3) is 12.4. The summed E-state index contributed by atoms with van der Waals surface area (Å²) < 4.78 is 9.86. The molecule has 0 aliphatic carbocycles. The van der Waals surface area contributed by atoms with Gasteiger partial charge >= 0.3 is 11.9 Å². The van der Waals surface area contributed by atoms with Crippen LogP contribution in [0.25, 0.3) is 0 Å². The number of carbonyl (C=O) groups excluding carboxylic acids is 3.